The first-order valence-electron chi connectivity index (χ1n) is 4.22. The number of aromatic nitrogens is 1. The Morgan fingerprint density at radius 2 is 2.12 bits per heavy atom. The Kier molecular flexibility index (Phi) is 3.54. The number of benzene rings is 1. The largest absolute Gasteiger partial charge is 0.275 e. The van der Waals surface area contributed by atoms with E-state index in [0.29, 0.717) is 21.2 Å². The van der Waals surface area contributed by atoms with Crippen LogP contribution in [0.2, 0.25) is 5.02 Å². The lowest BCUT2D eigenvalue weighted by Crippen LogP contribution is -1.90. The molecule has 0 aliphatic carbocycles. The highest BCUT2D eigenvalue weighted by Crippen LogP contribution is 2.29. The second-order valence-electron chi connectivity index (χ2n) is 3.05. The standard InChI is InChI=1S/C10H5Cl2NOS2/c11-6-1-5(2-7(15)3-6)9-8(10(12)14)4-16-13-9/h1-4,15H. The Morgan fingerprint density at radius 1 is 1.38 bits per heavy atom. The van der Waals surface area contributed by atoms with Gasteiger partial charge in [-0.25, -0.2) is 0 Å². The third-order valence-corrected chi connectivity index (χ3v) is 3.25. The predicted octanol–water partition coefficient (Wildman–Crippen LogP) is 4.13. The van der Waals surface area contributed by atoms with E-state index in [1.165, 1.54) is 11.5 Å². The van der Waals surface area contributed by atoms with Gasteiger partial charge in [-0.05, 0) is 41.3 Å². The zero-order valence-electron chi connectivity index (χ0n) is 7.78. The summed E-state index contributed by atoms with van der Waals surface area (Å²) < 4.78 is 4.13. The van der Waals surface area contributed by atoms with Crippen LogP contribution in [0.15, 0.2) is 28.5 Å². The van der Waals surface area contributed by atoms with Gasteiger partial charge < -0.3 is 0 Å². The first kappa shape index (κ1) is 11.9. The van der Waals surface area contributed by atoms with Crippen molar-refractivity contribution in [3.63, 3.8) is 0 Å². The van der Waals surface area contributed by atoms with Gasteiger partial charge in [0.2, 0.25) is 0 Å². The molecule has 0 saturated carbocycles. The molecule has 1 aromatic carbocycles. The van der Waals surface area contributed by atoms with Crippen LogP contribution in [0.1, 0.15) is 10.4 Å². The highest BCUT2D eigenvalue weighted by atomic mass is 35.5. The van der Waals surface area contributed by atoms with E-state index in [4.69, 9.17) is 23.2 Å². The van der Waals surface area contributed by atoms with Crippen LogP contribution in [0.25, 0.3) is 11.3 Å². The number of nitrogens with zero attached hydrogens (tertiary/aromatic N) is 1. The van der Waals surface area contributed by atoms with Crippen LogP contribution in [0.3, 0.4) is 0 Å². The van der Waals surface area contributed by atoms with Gasteiger partial charge in [0, 0.05) is 20.9 Å². The predicted molar refractivity (Wildman–Crippen MR) is 70.0 cm³/mol. The van der Waals surface area contributed by atoms with E-state index in [1.807, 2.05) is 0 Å². The fraction of sp³-hybridized carbons (Fsp3) is 0. The maximum atomic E-state index is 11.2. The van der Waals surface area contributed by atoms with Gasteiger partial charge in [0.25, 0.3) is 5.24 Å². The molecule has 0 unspecified atom stereocenters. The van der Waals surface area contributed by atoms with Crippen LogP contribution < -0.4 is 0 Å². The quantitative estimate of drug-likeness (QED) is 0.665. The molecule has 0 atom stereocenters. The molecule has 6 heteroatoms. The van der Waals surface area contributed by atoms with Gasteiger partial charge in [0.1, 0.15) is 0 Å². The average Bonchev–Trinajstić information content (AvgIpc) is 2.63. The molecular weight excluding hydrogens is 285 g/mol. The third-order valence-electron chi connectivity index (χ3n) is 1.94. The normalized spacial score (nSPS) is 10.4. The van der Waals surface area contributed by atoms with Crippen LogP contribution >= 0.6 is 47.4 Å². The second kappa shape index (κ2) is 4.75. The Balaban J connectivity index is 2.58. The van der Waals surface area contributed by atoms with Crippen LogP contribution in [-0.4, -0.2) is 9.62 Å². The van der Waals surface area contributed by atoms with Crippen LogP contribution in [-0.2, 0) is 0 Å². The number of hydrogen-bond acceptors (Lipinski definition) is 4. The summed E-state index contributed by atoms with van der Waals surface area (Å²) in [5.41, 5.74) is 1.67. The van der Waals surface area contributed by atoms with Crippen molar-refractivity contribution < 1.29 is 4.79 Å². The number of halogens is 2. The summed E-state index contributed by atoms with van der Waals surface area (Å²) in [4.78, 5) is 11.9. The molecule has 0 spiro atoms. The van der Waals surface area contributed by atoms with E-state index in [1.54, 1.807) is 23.6 Å². The van der Waals surface area contributed by atoms with Crippen molar-refractivity contribution in [1.29, 1.82) is 0 Å². The third kappa shape index (κ3) is 2.40. The first-order valence-corrected chi connectivity index (χ1v) is 6.26. The molecule has 0 radical (unpaired) electrons. The molecule has 0 fully saturated rings. The number of hydrogen-bond donors (Lipinski definition) is 1. The SMILES string of the molecule is O=C(Cl)c1csnc1-c1cc(S)cc(Cl)c1. The van der Waals surface area contributed by atoms with E-state index in [0.717, 1.165) is 5.56 Å². The number of carbonyl (C=O) groups excluding carboxylic acids is 1. The summed E-state index contributed by atoms with van der Waals surface area (Å²) in [6, 6.07) is 5.22. The molecule has 2 rings (SSSR count). The van der Waals surface area contributed by atoms with E-state index in [2.05, 4.69) is 17.0 Å². The minimum absolute atomic E-state index is 0.390. The summed E-state index contributed by atoms with van der Waals surface area (Å²) in [5, 5.41) is 1.64. The maximum Gasteiger partial charge on any atom is 0.255 e. The molecule has 16 heavy (non-hydrogen) atoms. The van der Waals surface area contributed by atoms with Crippen LogP contribution in [0.5, 0.6) is 0 Å². The summed E-state index contributed by atoms with van der Waals surface area (Å²) in [6.07, 6.45) is 0. The van der Waals surface area contributed by atoms with Gasteiger partial charge in [-0.3, -0.25) is 4.79 Å². The topological polar surface area (TPSA) is 30.0 Å². The molecule has 0 bridgehead atoms. The minimum Gasteiger partial charge on any atom is -0.275 e. The number of carbonyl (C=O) groups is 1. The lowest BCUT2D eigenvalue weighted by atomic mass is 10.1. The fourth-order valence-electron chi connectivity index (χ4n) is 1.30. The Labute approximate surface area is 112 Å². The minimum atomic E-state index is -0.524. The maximum absolute atomic E-state index is 11.2. The van der Waals surface area contributed by atoms with E-state index in [9.17, 15) is 4.79 Å². The average molecular weight is 290 g/mol. The summed E-state index contributed by atoms with van der Waals surface area (Å²) >= 11 is 16.8. The van der Waals surface area contributed by atoms with Crippen molar-refractivity contribution >= 4 is 52.6 Å². The van der Waals surface area contributed by atoms with Crippen molar-refractivity contribution in [2.24, 2.45) is 0 Å². The van der Waals surface area contributed by atoms with Crippen molar-refractivity contribution in [3.8, 4) is 11.3 Å². The second-order valence-corrected chi connectivity index (χ2v) is 4.97. The van der Waals surface area contributed by atoms with Crippen molar-refractivity contribution in [2.45, 2.75) is 4.90 Å². The van der Waals surface area contributed by atoms with Crippen LogP contribution in [0.4, 0.5) is 0 Å². The van der Waals surface area contributed by atoms with Gasteiger partial charge in [0.15, 0.2) is 0 Å². The van der Waals surface area contributed by atoms with E-state index in [-0.39, 0.29) is 0 Å². The van der Waals surface area contributed by atoms with Gasteiger partial charge in [-0.2, -0.15) is 4.37 Å². The Morgan fingerprint density at radius 3 is 2.75 bits per heavy atom. The fourth-order valence-corrected chi connectivity index (χ4v) is 2.78. The smallest absolute Gasteiger partial charge is 0.255 e. The number of rotatable bonds is 2. The molecule has 0 aliphatic heterocycles. The molecule has 1 heterocycles. The molecule has 2 aromatic rings. The number of thiol groups is 1. The molecule has 0 saturated heterocycles. The summed E-state index contributed by atoms with van der Waals surface area (Å²) in [7, 11) is 0. The zero-order valence-corrected chi connectivity index (χ0v) is 11.0. The van der Waals surface area contributed by atoms with Crippen molar-refractivity contribution in [1.82, 2.24) is 4.37 Å². The van der Waals surface area contributed by atoms with Crippen LogP contribution in [0, 0.1) is 0 Å². The monoisotopic (exact) mass is 289 g/mol. The molecule has 0 amide bonds. The van der Waals surface area contributed by atoms with Gasteiger partial charge in [-0.15, -0.1) is 12.6 Å². The molecule has 2 nitrogen and oxygen atoms in total. The summed E-state index contributed by atoms with van der Waals surface area (Å²) in [6.45, 7) is 0. The highest BCUT2D eigenvalue weighted by molar-refractivity contribution is 7.80. The Hall–Kier alpha value is -0.550. The molecule has 82 valence electrons. The molecule has 1 aromatic heterocycles. The van der Waals surface area contributed by atoms with Crippen molar-refractivity contribution in [2.75, 3.05) is 0 Å². The molecule has 0 aliphatic rings. The zero-order chi connectivity index (χ0) is 11.7. The Bertz CT molecular complexity index is 533. The highest BCUT2D eigenvalue weighted by Gasteiger charge is 2.14. The lowest BCUT2D eigenvalue weighted by Gasteiger charge is -2.01. The summed E-state index contributed by atoms with van der Waals surface area (Å²) in [5.74, 6) is 0. The van der Waals surface area contributed by atoms with Gasteiger partial charge in [-0.1, -0.05) is 11.6 Å². The lowest BCUT2D eigenvalue weighted by molar-refractivity contribution is 0.108. The van der Waals surface area contributed by atoms with E-state index < -0.39 is 5.24 Å². The van der Waals surface area contributed by atoms with Gasteiger partial charge in [0.05, 0.1) is 11.3 Å². The first-order chi connectivity index (χ1) is 7.58. The van der Waals surface area contributed by atoms with E-state index >= 15 is 0 Å². The van der Waals surface area contributed by atoms with Crippen molar-refractivity contribution in [3.05, 3.63) is 34.2 Å². The molecular formula is C10H5Cl2NOS2. The van der Waals surface area contributed by atoms with Gasteiger partial charge >= 0.3 is 0 Å². The molecule has 0 N–H and O–H groups in total.